The number of aliphatic hydroxyl groups is 1. The smallest absolute Gasteiger partial charge is 0.0672 e. The van der Waals surface area contributed by atoms with Crippen LogP contribution in [0.2, 0.25) is 10.0 Å². The molecule has 102 valence electrons. The standard InChI is InChI=1S/C14H21Cl2NO/c1-4-14(2,3)13(18)11(8-17)10-6-5-9(15)7-12(10)16/h5-7,11,13,18H,4,8,17H2,1-3H3. The van der Waals surface area contributed by atoms with E-state index in [1.165, 1.54) is 0 Å². The third-order valence-corrected chi connectivity index (χ3v) is 4.27. The molecular formula is C14H21Cl2NO. The molecular weight excluding hydrogens is 269 g/mol. The second-order valence-corrected chi connectivity index (χ2v) is 6.14. The molecule has 2 unspecified atom stereocenters. The van der Waals surface area contributed by atoms with Crippen LogP contribution in [0.1, 0.15) is 38.7 Å². The summed E-state index contributed by atoms with van der Waals surface area (Å²) in [5.74, 6) is -0.176. The van der Waals surface area contributed by atoms with Crippen molar-refractivity contribution in [1.29, 1.82) is 0 Å². The van der Waals surface area contributed by atoms with Crippen molar-refractivity contribution in [3.8, 4) is 0 Å². The average Bonchev–Trinajstić information content (AvgIpc) is 2.32. The summed E-state index contributed by atoms with van der Waals surface area (Å²) in [5, 5.41) is 11.7. The monoisotopic (exact) mass is 289 g/mol. The first-order valence-electron chi connectivity index (χ1n) is 6.16. The summed E-state index contributed by atoms with van der Waals surface area (Å²) in [6.45, 7) is 6.47. The van der Waals surface area contributed by atoms with E-state index in [9.17, 15) is 5.11 Å². The van der Waals surface area contributed by atoms with Crippen molar-refractivity contribution in [3.63, 3.8) is 0 Å². The largest absolute Gasteiger partial charge is 0.392 e. The molecule has 0 heterocycles. The highest BCUT2D eigenvalue weighted by Gasteiger charge is 2.33. The van der Waals surface area contributed by atoms with Crippen LogP contribution < -0.4 is 5.73 Å². The molecule has 0 amide bonds. The van der Waals surface area contributed by atoms with Crippen LogP contribution in [-0.4, -0.2) is 17.8 Å². The highest BCUT2D eigenvalue weighted by atomic mass is 35.5. The van der Waals surface area contributed by atoms with E-state index in [2.05, 4.69) is 6.92 Å². The van der Waals surface area contributed by atoms with E-state index in [-0.39, 0.29) is 11.3 Å². The average molecular weight is 290 g/mol. The van der Waals surface area contributed by atoms with E-state index in [1.54, 1.807) is 12.1 Å². The van der Waals surface area contributed by atoms with Crippen LogP contribution in [0.4, 0.5) is 0 Å². The maximum atomic E-state index is 10.5. The number of rotatable bonds is 5. The van der Waals surface area contributed by atoms with Gasteiger partial charge in [-0.15, -0.1) is 0 Å². The maximum absolute atomic E-state index is 10.5. The van der Waals surface area contributed by atoms with Crippen molar-refractivity contribution in [2.24, 2.45) is 11.1 Å². The van der Waals surface area contributed by atoms with Gasteiger partial charge in [0.15, 0.2) is 0 Å². The van der Waals surface area contributed by atoms with Crippen LogP contribution in [0.25, 0.3) is 0 Å². The second kappa shape index (κ2) is 6.25. The minimum Gasteiger partial charge on any atom is -0.392 e. The third-order valence-electron chi connectivity index (χ3n) is 3.71. The Morgan fingerprint density at radius 2 is 1.94 bits per heavy atom. The zero-order valence-electron chi connectivity index (χ0n) is 11.1. The van der Waals surface area contributed by atoms with Gasteiger partial charge in [0.25, 0.3) is 0 Å². The number of aliphatic hydroxyl groups excluding tert-OH is 1. The number of hydrogen-bond donors (Lipinski definition) is 2. The van der Waals surface area contributed by atoms with Crippen LogP contribution >= 0.6 is 23.2 Å². The maximum Gasteiger partial charge on any atom is 0.0672 e. The fourth-order valence-corrected chi connectivity index (χ4v) is 2.53. The van der Waals surface area contributed by atoms with Gasteiger partial charge >= 0.3 is 0 Å². The molecule has 0 aliphatic carbocycles. The van der Waals surface area contributed by atoms with Gasteiger partial charge < -0.3 is 10.8 Å². The summed E-state index contributed by atoms with van der Waals surface area (Å²) in [4.78, 5) is 0. The van der Waals surface area contributed by atoms with Crippen LogP contribution in [-0.2, 0) is 0 Å². The molecule has 4 heteroatoms. The topological polar surface area (TPSA) is 46.2 Å². The van der Waals surface area contributed by atoms with Crippen molar-refractivity contribution >= 4 is 23.2 Å². The van der Waals surface area contributed by atoms with Gasteiger partial charge in [-0.2, -0.15) is 0 Å². The van der Waals surface area contributed by atoms with Gasteiger partial charge in [-0.3, -0.25) is 0 Å². The van der Waals surface area contributed by atoms with E-state index in [0.29, 0.717) is 16.6 Å². The molecule has 0 aliphatic heterocycles. The summed E-state index contributed by atoms with van der Waals surface area (Å²) >= 11 is 12.1. The Kier molecular flexibility index (Phi) is 5.47. The van der Waals surface area contributed by atoms with Crippen LogP contribution in [0.5, 0.6) is 0 Å². The lowest BCUT2D eigenvalue weighted by molar-refractivity contribution is 0.0265. The predicted molar refractivity (Wildman–Crippen MR) is 78.3 cm³/mol. The van der Waals surface area contributed by atoms with Gasteiger partial charge in [0.05, 0.1) is 6.10 Å². The minimum atomic E-state index is -0.536. The zero-order chi connectivity index (χ0) is 13.9. The summed E-state index contributed by atoms with van der Waals surface area (Å²) in [5.41, 5.74) is 6.47. The lowest BCUT2D eigenvalue weighted by Crippen LogP contribution is -2.37. The summed E-state index contributed by atoms with van der Waals surface area (Å²) < 4.78 is 0. The summed E-state index contributed by atoms with van der Waals surface area (Å²) in [6, 6.07) is 5.31. The van der Waals surface area contributed by atoms with Gasteiger partial charge in [0, 0.05) is 22.5 Å². The molecule has 0 fully saturated rings. The molecule has 18 heavy (non-hydrogen) atoms. The minimum absolute atomic E-state index is 0.176. The summed E-state index contributed by atoms with van der Waals surface area (Å²) in [6.07, 6.45) is 0.335. The molecule has 0 spiro atoms. The van der Waals surface area contributed by atoms with Gasteiger partial charge in [0.2, 0.25) is 0 Å². The van der Waals surface area contributed by atoms with Gasteiger partial charge in [-0.05, 0) is 29.5 Å². The molecule has 0 radical (unpaired) electrons. The Balaban J connectivity index is 3.10. The molecule has 2 atom stereocenters. The first-order valence-corrected chi connectivity index (χ1v) is 6.92. The van der Waals surface area contributed by atoms with Gasteiger partial charge in [0.1, 0.15) is 0 Å². The van der Waals surface area contributed by atoms with E-state index < -0.39 is 6.10 Å². The number of benzene rings is 1. The van der Waals surface area contributed by atoms with Crippen LogP contribution in [0.3, 0.4) is 0 Å². The fraction of sp³-hybridized carbons (Fsp3) is 0.571. The Hall–Kier alpha value is -0.280. The Bertz CT molecular complexity index is 407. The SMILES string of the molecule is CCC(C)(C)C(O)C(CN)c1ccc(Cl)cc1Cl. The van der Waals surface area contributed by atoms with Gasteiger partial charge in [-0.25, -0.2) is 0 Å². The highest BCUT2D eigenvalue weighted by molar-refractivity contribution is 6.35. The van der Waals surface area contributed by atoms with Crippen molar-refractivity contribution in [1.82, 2.24) is 0 Å². The second-order valence-electron chi connectivity index (χ2n) is 5.30. The molecule has 0 saturated carbocycles. The van der Waals surface area contributed by atoms with Crippen molar-refractivity contribution < 1.29 is 5.11 Å². The summed E-state index contributed by atoms with van der Waals surface area (Å²) in [7, 11) is 0. The lowest BCUT2D eigenvalue weighted by atomic mass is 9.75. The molecule has 0 aliphatic rings. The molecule has 1 aromatic carbocycles. The third kappa shape index (κ3) is 3.39. The van der Waals surface area contributed by atoms with E-state index in [0.717, 1.165) is 12.0 Å². The Labute approximate surface area is 119 Å². The Morgan fingerprint density at radius 1 is 1.33 bits per heavy atom. The Morgan fingerprint density at radius 3 is 2.39 bits per heavy atom. The van der Waals surface area contributed by atoms with Crippen LogP contribution in [0, 0.1) is 5.41 Å². The van der Waals surface area contributed by atoms with E-state index in [1.807, 2.05) is 19.9 Å². The zero-order valence-corrected chi connectivity index (χ0v) is 12.6. The first kappa shape index (κ1) is 15.8. The number of nitrogens with two attached hydrogens (primary N) is 1. The lowest BCUT2D eigenvalue weighted by Gasteiger charge is -2.35. The molecule has 3 N–H and O–H groups in total. The van der Waals surface area contributed by atoms with Crippen molar-refractivity contribution in [3.05, 3.63) is 33.8 Å². The van der Waals surface area contributed by atoms with Crippen molar-refractivity contribution in [2.75, 3.05) is 6.54 Å². The predicted octanol–water partition coefficient (Wildman–Crippen LogP) is 3.83. The quantitative estimate of drug-likeness (QED) is 0.865. The number of halogens is 2. The molecule has 1 rings (SSSR count). The highest BCUT2D eigenvalue weighted by Crippen LogP contribution is 2.37. The van der Waals surface area contributed by atoms with Crippen LogP contribution in [0.15, 0.2) is 18.2 Å². The molecule has 1 aromatic rings. The van der Waals surface area contributed by atoms with E-state index in [4.69, 9.17) is 28.9 Å². The number of hydrogen-bond acceptors (Lipinski definition) is 2. The fourth-order valence-electron chi connectivity index (χ4n) is 1.98. The van der Waals surface area contributed by atoms with Crippen molar-refractivity contribution in [2.45, 2.75) is 39.2 Å². The molecule has 0 aromatic heterocycles. The normalized spacial score (nSPS) is 15.5. The first-order chi connectivity index (χ1) is 8.33. The molecule has 0 bridgehead atoms. The molecule has 2 nitrogen and oxygen atoms in total. The molecule has 0 saturated heterocycles. The van der Waals surface area contributed by atoms with Gasteiger partial charge in [-0.1, -0.05) is 50.0 Å². The van der Waals surface area contributed by atoms with E-state index >= 15 is 0 Å².